The highest BCUT2D eigenvalue weighted by Crippen LogP contribution is 2.32. The van der Waals surface area contributed by atoms with Gasteiger partial charge in [0.25, 0.3) is 0 Å². The van der Waals surface area contributed by atoms with Crippen LogP contribution in [0.15, 0.2) is 4.42 Å². The van der Waals surface area contributed by atoms with E-state index in [1.807, 2.05) is 20.8 Å². The van der Waals surface area contributed by atoms with Crippen molar-refractivity contribution < 1.29 is 18.7 Å². The molecule has 1 heterocycles. The van der Waals surface area contributed by atoms with Crippen LogP contribution in [-0.4, -0.2) is 35.0 Å². The van der Waals surface area contributed by atoms with Gasteiger partial charge in [-0.1, -0.05) is 0 Å². The minimum atomic E-state index is -0.469. The van der Waals surface area contributed by atoms with Gasteiger partial charge < -0.3 is 19.2 Å². The maximum atomic E-state index is 11.8. The highest BCUT2D eigenvalue weighted by molar-refractivity contribution is 5.68. The fourth-order valence-corrected chi connectivity index (χ4v) is 2.57. The topological polar surface area (TPSA) is 86.5 Å². The van der Waals surface area contributed by atoms with Crippen LogP contribution in [0.5, 0.6) is 0 Å². The lowest BCUT2D eigenvalue weighted by Gasteiger charge is -2.28. The van der Waals surface area contributed by atoms with E-state index in [4.69, 9.17) is 13.9 Å². The van der Waals surface area contributed by atoms with Crippen molar-refractivity contribution in [1.29, 1.82) is 0 Å². The minimum absolute atomic E-state index is 0.146. The van der Waals surface area contributed by atoms with E-state index in [0.29, 0.717) is 18.4 Å². The number of aromatic nitrogens is 2. The van der Waals surface area contributed by atoms with E-state index in [-0.39, 0.29) is 18.1 Å². The lowest BCUT2D eigenvalue weighted by Crippen LogP contribution is -2.40. The third-order valence-electron chi connectivity index (χ3n) is 3.55. The van der Waals surface area contributed by atoms with Gasteiger partial charge in [-0.05, 0) is 46.5 Å². The van der Waals surface area contributed by atoms with Crippen molar-refractivity contribution in [3.05, 3.63) is 11.8 Å². The predicted molar refractivity (Wildman–Crippen MR) is 79.4 cm³/mol. The molecular weight excluding hydrogens is 286 g/mol. The Labute approximate surface area is 130 Å². The first-order valence-electron chi connectivity index (χ1n) is 7.68. The molecule has 1 aromatic heterocycles. The molecule has 0 atom stereocenters. The average molecular weight is 311 g/mol. The standard InChI is InChI=1S/C15H25N3O4/c1-15(2,3)22-14(19)16-11-7-5-10(6-8-11)13-18-17-12(21-13)9-20-4/h10-11H,5-9H2,1-4H3,(H,16,19)/t10-,11-. The quantitative estimate of drug-likeness (QED) is 0.920. The molecule has 0 aromatic carbocycles. The van der Waals surface area contributed by atoms with Gasteiger partial charge >= 0.3 is 6.09 Å². The van der Waals surface area contributed by atoms with Crippen molar-refractivity contribution in [3.8, 4) is 0 Å². The number of alkyl carbamates (subject to hydrolysis) is 1. The maximum Gasteiger partial charge on any atom is 0.407 e. The van der Waals surface area contributed by atoms with Gasteiger partial charge in [0.15, 0.2) is 0 Å². The third-order valence-corrected chi connectivity index (χ3v) is 3.55. The third kappa shape index (κ3) is 4.98. The SMILES string of the molecule is COCc1nnc([C@H]2CC[C@H](NC(=O)OC(C)(C)C)CC2)o1. The van der Waals surface area contributed by atoms with Crippen LogP contribution >= 0.6 is 0 Å². The highest BCUT2D eigenvalue weighted by Gasteiger charge is 2.28. The van der Waals surface area contributed by atoms with Gasteiger partial charge in [0, 0.05) is 19.1 Å². The number of rotatable bonds is 4. The zero-order chi connectivity index (χ0) is 16.2. The molecule has 1 aromatic rings. The van der Waals surface area contributed by atoms with Crippen LogP contribution in [0.25, 0.3) is 0 Å². The van der Waals surface area contributed by atoms with E-state index >= 15 is 0 Å². The van der Waals surface area contributed by atoms with E-state index in [0.717, 1.165) is 25.7 Å². The van der Waals surface area contributed by atoms with E-state index in [2.05, 4.69) is 15.5 Å². The minimum Gasteiger partial charge on any atom is -0.444 e. The monoisotopic (exact) mass is 311 g/mol. The van der Waals surface area contributed by atoms with Gasteiger partial charge in [0.05, 0.1) is 0 Å². The van der Waals surface area contributed by atoms with Crippen molar-refractivity contribution >= 4 is 6.09 Å². The molecule has 1 aliphatic carbocycles. The van der Waals surface area contributed by atoms with E-state index in [1.54, 1.807) is 7.11 Å². The summed E-state index contributed by atoms with van der Waals surface area (Å²) in [5.74, 6) is 1.43. The zero-order valence-corrected chi connectivity index (χ0v) is 13.7. The number of ether oxygens (including phenoxy) is 2. The molecule has 1 saturated carbocycles. The van der Waals surface area contributed by atoms with Gasteiger partial charge in [-0.25, -0.2) is 4.79 Å². The van der Waals surface area contributed by atoms with E-state index in [9.17, 15) is 4.79 Å². The van der Waals surface area contributed by atoms with Crippen molar-refractivity contribution in [2.24, 2.45) is 0 Å². The lowest BCUT2D eigenvalue weighted by molar-refractivity contribution is 0.0490. The molecular formula is C15H25N3O4. The summed E-state index contributed by atoms with van der Waals surface area (Å²) < 4.78 is 15.8. The number of carbonyl (C=O) groups is 1. The molecule has 0 spiro atoms. The summed E-state index contributed by atoms with van der Waals surface area (Å²) in [6, 6.07) is 0.146. The number of methoxy groups -OCH3 is 1. The van der Waals surface area contributed by atoms with Gasteiger partial charge in [-0.15, -0.1) is 10.2 Å². The second kappa shape index (κ2) is 7.09. The summed E-state index contributed by atoms with van der Waals surface area (Å²) in [6.45, 7) is 5.91. The summed E-state index contributed by atoms with van der Waals surface area (Å²) in [4.78, 5) is 11.8. The number of hydrogen-bond acceptors (Lipinski definition) is 6. The summed E-state index contributed by atoms with van der Waals surface area (Å²) in [5, 5.41) is 11.0. The molecule has 0 radical (unpaired) electrons. The fraction of sp³-hybridized carbons (Fsp3) is 0.800. The molecule has 124 valence electrons. The molecule has 0 aliphatic heterocycles. The molecule has 1 aliphatic rings. The lowest BCUT2D eigenvalue weighted by atomic mass is 9.86. The van der Waals surface area contributed by atoms with Crippen LogP contribution in [0.1, 0.15) is 64.2 Å². The van der Waals surface area contributed by atoms with E-state index in [1.165, 1.54) is 0 Å². The number of nitrogens with one attached hydrogen (secondary N) is 1. The predicted octanol–water partition coefficient (Wildman–Crippen LogP) is 2.77. The summed E-state index contributed by atoms with van der Waals surface area (Å²) >= 11 is 0. The number of carbonyl (C=O) groups excluding carboxylic acids is 1. The van der Waals surface area contributed by atoms with Gasteiger partial charge in [0.1, 0.15) is 12.2 Å². The number of hydrogen-bond donors (Lipinski definition) is 1. The van der Waals surface area contributed by atoms with Crippen molar-refractivity contribution in [2.45, 2.75) is 70.6 Å². The Kier molecular flexibility index (Phi) is 5.39. The Morgan fingerprint density at radius 3 is 2.55 bits per heavy atom. The molecule has 1 N–H and O–H groups in total. The van der Waals surface area contributed by atoms with Crippen molar-refractivity contribution in [3.63, 3.8) is 0 Å². The maximum absolute atomic E-state index is 11.8. The van der Waals surface area contributed by atoms with Crippen LogP contribution in [0.3, 0.4) is 0 Å². The van der Waals surface area contributed by atoms with E-state index < -0.39 is 5.60 Å². The molecule has 2 rings (SSSR count). The Bertz CT molecular complexity index is 487. The fourth-order valence-electron chi connectivity index (χ4n) is 2.57. The molecule has 0 bridgehead atoms. The Balaban J connectivity index is 1.78. The van der Waals surface area contributed by atoms with Crippen molar-refractivity contribution in [1.82, 2.24) is 15.5 Å². The molecule has 0 unspecified atom stereocenters. The van der Waals surface area contributed by atoms with Crippen molar-refractivity contribution in [2.75, 3.05) is 7.11 Å². The molecule has 1 fully saturated rings. The normalized spacial score (nSPS) is 22.4. The first-order valence-corrected chi connectivity index (χ1v) is 7.68. The van der Waals surface area contributed by atoms with Crippen LogP contribution in [0.4, 0.5) is 4.79 Å². The molecule has 22 heavy (non-hydrogen) atoms. The van der Waals surface area contributed by atoms with Crippen LogP contribution in [0.2, 0.25) is 0 Å². The van der Waals surface area contributed by atoms with Gasteiger partial charge in [0.2, 0.25) is 11.8 Å². The first kappa shape index (κ1) is 16.7. The number of amides is 1. The molecule has 0 saturated heterocycles. The van der Waals surface area contributed by atoms with Gasteiger partial charge in [-0.2, -0.15) is 0 Å². The Morgan fingerprint density at radius 1 is 1.27 bits per heavy atom. The zero-order valence-electron chi connectivity index (χ0n) is 13.7. The summed E-state index contributed by atoms with van der Waals surface area (Å²) in [7, 11) is 1.59. The second-order valence-corrected chi connectivity index (χ2v) is 6.66. The van der Waals surface area contributed by atoms with Crippen LogP contribution in [-0.2, 0) is 16.1 Å². The molecule has 1 amide bonds. The molecule has 7 nitrogen and oxygen atoms in total. The molecule has 7 heteroatoms. The Hall–Kier alpha value is -1.63. The summed E-state index contributed by atoms with van der Waals surface area (Å²) in [6.07, 6.45) is 3.23. The second-order valence-electron chi connectivity index (χ2n) is 6.66. The first-order chi connectivity index (χ1) is 10.4. The smallest absolute Gasteiger partial charge is 0.407 e. The number of nitrogens with zero attached hydrogens (tertiary/aromatic N) is 2. The van der Waals surface area contributed by atoms with Gasteiger partial charge in [-0.3, -0.25) is 0 Å². The highest BCUT2D eigenvalue weighted by atomic mass is 16.6. The van der Waals surface area contributed by atoms with Crippen LogP contribution < -0.4 is 5.32 Å². The average Bonchev–Trinajstić information content (AvgIpc) is 2.86. The largest absolute Gasteiger partial charge is 0.444 e. The Morgan fingerprint density at radius 2 is 1.95 bits per heavy atom. The van der Waals surface area contributed by atoms with Crippen LogP contribution in [0, 0.1) is 0 Å². The summed E-state index contributed by atoms with van der Waals surface area (Å²) in [5.41, 5.74) is -0.469.